The predicted octanol–water partition coefficient (Wildman–Crippen LogP) is 6.12. The molecule has 0 bridgehead atoms. The van der Waals surface area contributed by atoms with E-state index in [2.05, 4.69) is 10.3 Å². The Bertz CT molecular complexity index is 1800. The highest BCUT2D eigenvalue weighted by molar-refractivity contribution is 5.94. The van der Waals surface area contributed by atoms with Gasteiger partial charge >= 0.3 is 6.09 Å². The van der Waals surface area contributed by atoms with Gasteiger partial charge in [-0.05, 0) is 80.8 Å². The summed E-state index contributed by atoms with van der Waals surface area (Å²) in [4.78, 5) is 45.2. The second-order valence-electron chi connectivity index (χ2n) is 12.5. The average Bonchev–Trinajstić information content (AvgIpc) is 3.44. The Morgan fingerprint density at radius 2 is 1.69 bits per heavy atom. The SMILES string of the molecule is CC(C)(C)OC(=O)N1CC(Oc2ccccc2)CC1C(=O)NC(Cc1cc(F)cc(F)c1)c1ncccc1-c1ccc(F)c(C(N)=O)c1. The highest BCUT2D eigenvalue weighted by Crippen LogP contribution is 2.32. The molecule has 3 atom stereocenters. The third kappa shape index (κ3) is 8.30. The summed E-state index contributed by atoms with van der Waals surface area (Å²) < 4.78 is 54.7. The number of nitrogens with two attached hydrogens (primary N) is 1. The number of ether oxygens (including phenoxy) is 2. The Labute approximate surface area is 275 Å². The molecular weight excluding hydrogens is 625 g/mol. The zero-order valence-corrected chi connectivity index (χ0v) is 26.6. The first-order valence-corrected chi connectivity index (χ1v) is 15.3. The molecule has 1 fully saturated rings. The van der Waals surface area contributed by atoms with Crippen LogP contribution in [-0.2, 0) is 16.0 Å². The molecule has 2 heterocycles. The minimum absolute atomic E-state index is 0.0575. The fourth-order valence-electron chi connectivity index (χ4n) is 5.61. The Morgan fingerprint density at radius 3 is 2.35 bits per heavy atom. The molecule has 48 heavy (non-hydrogen) atoms. The normalized spacial score (nSPS) is 16.7. The van der Waals surface area contributed by atoms with Crippen LogP contribution in [0.25, 0.3) is 11.1 Å². The van der Waals surface area contributed by atoms with Crippen LogP contribution in [0.3, 0.4) is 0 Å². The molecule has 0 aliphatic carbocycles. The molecule has 1 aliphatic heterocycles. The van der Waals surface area contributed by atoms with Crippen molar-refractivity contribution in [1.29, 1.82) is 0 Å². The molecule has 9 nitrogen and oxygen atoms in total. The number of halogens is 3. The highest BCUT2D eigenvalue weighted by atomic mass is 19.1. The monoisotopic (exact) mass is 660 g/mol. The van der Waals surface area contributed by atoms with Crippen LogP contribution < -0.4 is 15.8 Å². The lowest BCUT2D eigenvalue weighted by Crippen LogP contribution is -2.48. The number of amides is 3. The van der Waals surface area contributed by atoms with Crippen LogP contribution in [0, 0.1) is 17.5 Å². The molecule has 0 spiro atoms. The van der Waals surface area contributed by atoms with Crippen LogP contribution in [0.1, 0.15) is 54.8 Å². The van der Waals surface area contributed by atoms with Crippen LogP contribution in [-0.4, -0.2) is 52.1 Å². The van der Waals surface area contributed by atoms with E-state index in [1.807, 2.05) is 6.07 Å². The van der Waals surface area contributed by atoms with Crippen LogP contribution in [0.5, 0.6) is 5.75 Å². The van der Waals surface area contributed by atoms with Crippen molar-refractivity contribution in [1.82, 2.24) is 15.2 Å². The Kier molecular flexibility index (Phi) is 10.0. The summed E-state index contributed by atoms with van der Waals surface area (Å²) in [7, 11) is 0. The van der Waals surface area contributed by atoms with E-state index in [4.69, 9.17) is 15.2 Å². The zero-order chi connectivity index (χ0) is 34.6. The number of hydrogen-bond acceptors (Lipinski definition) is 6. The van der Waals surface area contributed by atoms with Gasteiger partial charge in [0.2, 0.25) is 5.91 Å². The average molecular weight is 661 g/mol. The topological polar surface area (TPSA) is 124 Å². The molecule has 1 aromatic heterocycles. The van der Waals surface area contributed by atoms with Crippen LogP contribution in [0.15, 0.2) is 85.1 Å². The molecule has 12 heteroatoms. The third-order valence-electron chi connectivity index (χ3n) is 7.63. The van der Waals surface area contributed by atoms with Gasteiger partial charge in [0, 0.05) is 24.2 Å². The molecule has 3 N–H and O–H groups in total. The van der Waals surface area contributed by atoms with E-state index in [9.17, 15) is 27.6 Å². The number of carbonyl (C=O) groups excluding carboxylic acids is 3. The standard InChI is InChI=1S/C36H35F3N4O5/c1-36(2,3)48-35(46)43-20-26(47-25-8-5-4-6-9-25)19-31(43)34(45)42-30(16-21-14-23(37)18-24(38)15-21)32-27(10-7-13-41-32)22-11-12-29(39)28(17-22)33(40)44/h4-15,17-18,26,30-31H,16,19-20H2,1-3H3,(H2,40,44)(H,42,45). The molecule has 0 saturated carbocycles. The van der Waals surface area contributed by atoms with E-state index in [0.717, 1.165) is 24.3 Å². The van der Waals surface area contributed by atoms with Gasteiger partial charge in [-0.2, -0.15) is 0 Å². The van der Waals surface area contributed by atoms with E-state index in [1.54, 1.807) is 57.2 Å². The maximum Gasteiger partial charge on any atom is 0.411 e. The van der Waals surface area contributed by atoms with Crippen molar-refractivity contribution >= 4 is 17.9 Å². The number of aromatic nitrogens is 1. The number of hydrogen-bond donors (Lipinski definition) is 2. The first-order chi connectivity index (χ1) is 22.8. The molecule has 0 radical (unpaired) electrons. The van der Waals surface area contributed by atoms with Crippen molar-refractivity contribution in [3.63, 3.8) is 0 Å². The summed E-state index contributed by atoms with van der Waals surface area (Å²) in [5.74, 6) is -3.44. The van der Waals surface area contributed by atoms with E-state index >= 15 is 0 Å². The third-order valence-corrected chi connectivity index (χ3v) is 7.63. The van der Waals surface area contributed by atoms with Gasteiger partial charge in [0.05, 0.1) is 23.8 Å². The van der Waals surface area contributed by atoms with E-state index in [0.29, 0.717) is 16.9 Å². The lowest BCUT2D eigenvalue weighted by atomic mass is 9.94. The number of benzene rings is 3. The number of primary amides is 1. The minimum atomic E-state index is -1.04. The zero-order valence-electron chi connectivity index (χ0n) is 26.6. The number of rotatable bonds is 9. The molecule has 3 amide bonds. The van der Waals surface area contributed by atoms with Gasteiger partial charge in [-0.25, -0.2) is 18.0 Å². The minimum Gasteiger partial charge on any atom is -0.488 e. The van der Waals surface area contributed by atoms with Crippen molar-refractivity contribution in [2.75, 3.05) is 6.54 Å². The summed E-state index contributed by atoms with van der Waals surface area (Å²) in [6.07, 6.45) is 0.209. The van der Waals surface area contributed by atoms with Crippen molar-refractivity contribution < 1.29 is 37.0 Å². The molecule has 1 saturated heterocycles. The van der Waals surface area contributed by atoms with Gasteiger partial charge < -0.3 is 20.5 Å². The van der Waals surface area contributed by atoms with E-state index in [-0.39, 0.29) is 36.2 Å². The summed E-state index contributed by atoms with van der Waals surface area (Å²) in [5.41, 5.74) is 5.44. The van der Waals surface area contributed by atoms with Gasteiger partial charge in [-0.15, -0.1) is 0 Å². The molecule has 5 rings (SSSR count). The molecule has 3 aromatic carbocycles. The maximum atomic E-state index is 14.4. The number of likely N-dealkylation sites (tertiary alicyclic amines) is 1. The van der Waals surface area contributed by atoms with Crippen molar-refractivity contribution in [2.45, 2.75) is 57.4 Å². The number of pyridine rings is 1. The second-order valence-corrected chi connectivity index (χ2v) is 12.5. The Hall–Kier alpha value is -5.39. The molecule has 1 aliphatic rings. The smallest absolute Gasteiger partial charge is 0.411 e. The van der Waals surface area contributed by atoms with Gasteiger partial charge in [0.15, 0.2) is 0 Å². The summed E-state index contributed by atoms with van der Waals surface area (Å²) in [6.45, 7) is 5.19. The first-order valence-electron chi connectivity index (χ1n) is 15.3. The molecular formula is C36H35F3N4O5. The largest absolute Gasteiger partial charge is 0.488 e. The number of nitrogens with zero attached hydrogens (tertiary/aromatic N) is 2. The maximum absolute atomic E-state index is 14.4. The van der Waals surface area contributed by atoms with Gasteiger partial charge in [0.1, 0.15) is 40.9 Å². The fraction of sp³-hybridized carbons (Fsp3) is 0.278. The lowest BCUT2D eigenvalue weighted by molar-refractivity contribution is -0.126. The molecule has 250 valence electrons. The van der Waals surface area contributed by atoms with Crippen LogP contribution >= 0.6 is 0 Å². The van der Waals surface area contributed by atoms with Crippen molar-refractivity contribution in [3.05, 3.63) is 119 Å². The summed E-state index contributed by atoms with van der Waals surface area (Å²) in [6, 6.07) is 17.0. The van der Waals surface area contributed by atoms with Crippen LogP contribution in [0.4, 0.5) is 18.0 Å². The van der Waals surface area contributed by atoms with E-state index < -0.39 is 59.1 Å². The predicted molar refractivity (Wildman–Crippen MR) is 171 cm³/mol. The summed E-state index contributed by atoms with van der Waals surface area (Å²) in [5, 5.41) is 2.94. The molecule has 4 aromatic rings. The fourth-order valence-corrected chi connectivity index (χ4v) is 5.61. The quantitative estimate of drug-likeness (QED) is 0.223. The van der Waals surface area contributed by atoms with Crippen molar-refractivity contribution in [3.8, 4) is 16.9 Å². The van der Waals surface area contributed by atoms with Gasteiger partial charge in [0.25, 0.3) is 5.91 Å². The van der Waals surface area contributed by atoms with Gasteiger partial charge in [-0.1, -0.05) is 30.3 Å². The highest BCUT2D eigenvalue weighted by Gasteiger charge is 2.43. The number of para-hydroxylation sites is 1. The first kappa shape index (κ1) is 34.0. The number of nitrogens with one attached hydrogen (secondary N) is 1. The Morgan fingerprint density at radius 1 is 0.979 bits per heavy atom. The molecule has 3 unspecified atom stereocenters. The van der Waals surface area contributed by atoms with Gasteiger partial charge in [-0.3, -0.25) is 19.5 Å². The second kappa shape index (κ2) is 14.2. The van der Waals surface area contributed by atoms with Crippen LogP contribution in [0.2, 0.25) is 0 Å². The summed E-state index contributed by atoms with van der Waals surface area (Å²) >= 11 is 0. The van der Waals surface area contributed by atoms with Crippen molar-refractivity contribution in [2.24, 2.45) is 5.73 Å². The number of carbonyl (C=O) groups is 3. The Balaban J connectivity index is 1.52. The van der Waals surface area contributed by atoms with E-state index in [1.165, 1.54) is 23.2 Å². The lowest BCUT2D eigenvalue weighted by Gasteiger charge is -2.29.